The lowest BCUT2D eigenvalue weighted by Gasteiger charge is -2.33. The quantitative estimate of drug-likeness (QED) is 0.501. The maximum atomic E-state index is 12.5. The highest BCUT2D eigenvalue weighted by Gasteiger charge is 2.42. The number of hydrogen-bond acceptors (Lipinski definition) is 4. The average Bonchev–Trinajstić information content (AvgIpc) is 2.64. The first-order valence-corrected chi connectivity index (χ1v) is 10.2. The molecule has 0 unspecified atom stereocenters. The van der Waals surface area contributed by atoms with Crippen molar-refractivity contribution in [3.05, 3.63) is 46.5 Å². The molecule has 0 saturated carbocycles. The van der Waals surface area contributed by atoms with Gasteiger partial charge in [0.15, 0.2) is 5.76 Å². The molecule has 0 aromatic carbocycles. The Morgan fingerprint density at radius 1 is 0.964 bits per heavy atom. The molecule has 0 spiro atoms. The number of rotatable bonds is 10. The molecule has 0 amide bonds. The normalized spacial score (nSPS) is 23.7. The Morgan fingerprint density at radius 2 is 1.54 bits per heavy atom. The predicted molar refractivity (Wildman–Crippen MR) is 115 cm³/mol. The van der Waals surface area contributed by atoms with Crippen LogP contribution < -0.4 is 0 Å². The van der Waals surface area contributed by atoms with Crippen molar-refractivity contribution >= 4 is 5.78 Å². The summed E-state index contributed by atoms with van der Waals surface area (Å²) in [4.78, 5) is 12.5. The highest BCUT2D eigenvalue weighted by molar-refractivity contribution is 5.97. The minimum absolute atomic E-state index is 0.101. The number of aliphatic hydroxyl groups excluding tert-OH is 1. The van der Waals surface area contributed by atoms with Gasteiger partial charge in [0.25, 0.3) is 0 Å². The van der Waals surface area contributed by atoms with Crippen molar-refractivity contribution in [1.29, 1.82) is 0 Å². The number of allylic oxidation sites excluding steroid dienone is 7. The van der Waals surface area contributed by atoms with Gasteiger partial charge < -0.3 is 14.6 Å². The third-order valence-electron chi connectivity index (χ3n) is 5.46. The maximum Gasteiger partial charge on any atom is 0.204 e. The fraction of sp³-hybridized carbons (Fsp3) is 0.625. The number of hydrogen-bond donors (Lipinski definition) is 1. The van der Waals surface area contributed by atoms with Gasteiger partial charge >= 0.3 is 0 Å². The minimum atomic E-state index is -0.825. The van der Waals surface area contributed by atoms with E-state index >= 15 is 0 Å². The lowest BCUT2D eigenvalue weighted by molar-refractivity contribution is -0.128. The van der Waals surface area contributed by atoms with Crippen LogP contribution >= 0.6 is 0 Å². The summed E-state index contributed by atoms with van der Waals surface area (Å²) in [6, 6.07) is 0. The molecule has 158 valence electrons. The average molecular weight is 391 g/mol. The van der Waals surface area contributed by atoms with E-state index in [9.17, 15) is 9.90 Å². The van der Waals surface area contributed by atoms with Crippen LogP contribution in [0, 0.1) is 11.8 Å². The smallest absolute Gasteiger partial charge is 0.204 e. The zero-order valence-corrected chi connectivity index (χ0v) is 18.7. The highest BCUT2D eigenvalue weighted by atomic mass is 16.5. The number of carbonyl (C=O) groups excluding carboxylic acids is 1. The molecule has 0 aliphatic heterocycles. The monoisotopic (exact) mass is 390 g/mol. The first kappa shape index (κ1) is 24.2. The van der Waals surface area contributed by atoms with Crippen molar-refractivity contribution in [3.63, 3.8) is 0 Å². The fourth-order valence-corrected chi connectivity index (χ4v) is 3.55. The molecule has 28 heavy (non-hydrogen) atoms. The zero-order chi connectivity index (χ0) is 21.3. The Morgan fingerprint density at radius 3 is 2.07 bits per heavy atom. The fourth-order valence-electron chi connectivity index (χ4n) is 3.55. The second kappa shape index (κ2) is 11.9. The van der Waals surface area contributed by atoms with Gasteiger partial charge in [-0.25, -0.2) is 0 Å². The number of methoxy groups -OCH3 is 2. The van der Waals surface area contributed by atoms with Crippen LogP contribution in [0.25, 0.3) is 0 Å². The summed E-state index contributed by atoms with van der Waals surface area (Å²) in [5.41, 5.74) is 4.07. The molecule has 0 bridgehead atoms. The summed E-state index contributed by atoms with van der Waals surface area (Å²) >= 11 is 0. The molecule has 0 aromatic rings. The maximum absolute atomic E-state index is 12.5. The van der Waals surface area contributed by atoms with Crippen molar-refractivity contribution in [2.24, 2.45) is 11.8 Å². The standard InChI is InChI=1S/C24H38O4/c1-16(2)10-8-11-17(3)12-9-13-18(4)14-15-20-19(5)21(25)23(27-6)24(28-7)22(20)26/h10,12,14,19-20,22,26H,8-9,11,13,15H2,1-7H3/t19-,20-,22-/m1/s1. The van der Waals surface area contributed by atoms with Crippen LogP contribution in [-0.4, -0.2) is 31.2 Å². The van der Waals surface area contributed by atoms with Crippen molar-refractivity contribution in [1.82, 2.24) is 0 Å². The Bertz CT molecular complexity index is 648. The van der Waals surface area contributed by atoms with Crippen molar-refractivity contribution < 1.29 is 19.4 Å². The SMILES string of the molecule is COC1=C(OC)[C@H](O)[C@H](CC=C(C)CCC=C(C)CCC=C(C)C)[C@@H](C)C1=O. The Hall–Kier alpha value is -1.81. The predicted octanol–water partition coefficient (Wildman–Crippen LogP) is 5.50. The van der Waals surface area contributed by atoms with Gasteiger partial charge in [0.2, 0.25) is 11.5 Å². The molecule has 1 N–H and O–H groups in total. The number of ketones is 1. The van der Waals surface area contributed by atoms with Crippen molar-refractivity contribution in [2.75, 3.05) is 14.2 Å². The zero-order valence-electron chi connectivity index (χ0n) is 18.7. The summed E-state index contributed by atoms with van der Waals surface area (Å²) in [7, 11) is 2.90. The van der Waals surface area contributed by atoms with Crippen LogP contribution in [0.2, 0.25) is 0 Å². The van der Waals surface area contributed by atoms with Crippen LogP contribution in [-0.2, 0) is 14.3 Å². The molecule has 1 rings (SSSR count). The lowest BCUT2D eigenvalue weighted by atomic mass is 9.77. The van der Waals surface area contributed by atoms with E-state index in [0.29, 0.717) is 6.42 Å². The van der Waals surface area contributed by atoms with Crippen molar-refractivity contribution in [3.8, 4) is 0 Å². The van der Waals surface area contributed by atoms with Crippen LogP contribution in [0.3, 0.4) is 0 Å². The van der Waals surface area contributed by atoms with Crippen molar-refractivity contribution in [2.45, 2.75) is 72.8 Å². The summed E-state index contributed by atoms with van der Waals surface area (Å²) in [6.45, 7) is 10.4. The molecule has 4 heteroatoms. The summed E-state index contributed by atoms with van der Waals surface area (Å²) < 4.78 is 10.4. The Kier molecular flexibility index (Phi) is 10.3. The molecule has 0 saturated heterocycles. The molecule has 1 aliphatic carbocycles. The van der Waals surface area contributed by atoms with Crippen LogP contribution in [0.1, 0.15) is 66.7 Å². The number of Topliss-reactive ketones (excluding diaryl/α,β-unsaturated/α-hetero) is 1. The molecule has 0 aromatic heterocycles. The van der Waals surface area contributed by atoms with Gasteiger partial charge in [0.05, 0.1) is 14.2 Å². The first-order valence-electron chi connectivity index (χ1n) is 10.2. The van der Waals surface area contributed by atoms with Crippen LogP contribution in [0.4, 0.5) is 0 Å². The van der Waals surface area contributed by atoms with E-state index in [1.165, 1.54) is 30.9 Å². The molecule has 0 fully saturated rings. The molecule has 0 radical (unpaired) electrons. The molecule has 1 aliphatic rings. The summed E-state index contributed by atoms with van der Waals surface area (Å²) in [5, 5.41) is 10.6. The van der Waals surface area contributed by atoms with E-state index in [2.05, 4.69) is 45.9 Å². The van der Waals surface area contributed by atoms with E-state index in [-0.39, 0.29) is 29.1 Å². The molecule has 0 heterocycles. The third-order valence-corrected chi connectivity index (χ3v) is 5.46. The van der Waals surface area contributed by atoms with Gasteiger partial charge in [-0.05, 0) is 59.8 Å². The van der Waals surface area contributed by atoms with E-state index in [4.69, 9.17) is 9.47 Å². The molecule has 3 atom stereocenters. The second-order valence-electron chi connectivity index (χ2n) is 8.06. The van der Waals surface area contributed by atoms with Gasteiger partial charge in [-0.2, -0.15) is 0 Å². The summed E-state index contributed by atoms with van der Waals surface area (Å²) in [6.07, 6.45) is 10.8. The second-order valence-corrected chi connectivity index (χ2v) is 8.06. The van der Waals surface area contributed by atoms with Crippen LogP contribution in [0.15, 0.2) is 46.5 Å². The minimum Gasteiger partial charge on any atom is -0.494 e. The number of carbonyl (C=O) groups is 1. The van der Waals surface area contributed by atoms with Gasteiger partial charge in [0, 0.05) is 11.8 Å². The van der Waals surface area contributed by atoms with Gasteiger partial charge in [-0.15, -0.1) is 0 Å². The van der Waals surface area contributed by atoms with Gasteiger partial charge in [-0.3, -0.25) is 4.79 Å². The molecular weight excluding hydrogens is 352 g/mol. The van der Waals surface area contributed by atoms with Crippen LogP contribution in [0.5, 0.6) is 0 Å². The topological polar surface area (TPSA) is 55.8 Å². The number of ether oxygens (including phenoxy) is 2. The molecular formula is C24H38O4. The van der Waals surface area contributed by atoms with E-state index < -0.39 is 6.10 Å². The third kappa shape index (κ3) is 6.97. The number of aliphatic hydroxyl groups is 1. The molecule has 4 nitrogen and oxygen atoms in total. The summed E-state index contributed by atoms with van der Waals surface area (Å²) in [5.74, 6) is -0.205. The Balaban J connectivity index is 2.64. The Labute approximate surface area is 171 Å². The highest BCUT2D eigenvalue weighted by Crippen LogP contribution is 2.35. The largest absolute Gasteiger partial charge is 0.494 e. The van der Waals surface area contributed by atoms with E-state index in [1.807, 2.05) is 6.92 Å². The lowest BCUT2D eigenvalue weighted by Crippen LogP contribution is -2.40. The van der Waals surface area contributed by atoms with E-state index in [0.717, 1.165) is 25.7 Å². The first-order chi connectivity index (χ1) is 13.2. The van der Waals surface area contributed by atoms with Gasteiger partial charge in [-0.1, -0.05) is 41.9 Å². The van der Waals surface area contributed by atoms with E-state index in [1.54, 1.807) is 0 Å². The van der Waals surface area contributed by atoms with Gasteiger partial charge in [0.1, 0.15) is 6.10 Å².